The first-order chi connectivity index (χ1) is 11.7. The van der Waals surface area contributed by atoms with Gasteiger partial charge in [0, 0.05) is 11.7 Å². The van der Waals surface area contributed by atoms with Gasteiger partial charge in [0.25, 0.3) is 0 Å². The van der Waals surface area contributed by atoms with Gasteiger partial charge in [-0.25, -0.2) is 0 Å². The van der Waals surface area contributed by atoms with E-state index < -0.39 is 0 Å². The largest absolute Gasteiger partial charge is 0.399 e. The highest BCUT2D eigenvalue weighted by Gasteiger charge is 2.25. The van der Waals surface area contributed by atoms with Crippen LogP contribution in [-0.4, -0.2) is 18.2 Å². The van der Waals surface area contributed by atoms with Crippen LogP contribution in [0.1, 0.15) is 32.1 Å². The first-order valence-electron chi connectivity index (χ1n) is 8.35. The van der Waals surface area contributed by atoms with E-state index in [1.807, 2.05) is 18.2 Å². The quantitative estimate of drug-likeness (QED) is 0.473. The molecule has 6 nitrogen and oxygen atoms in total. The lowest BCUT2D eigenvalue weighted by atomic mass is 9.95. The molecule has 1 unspecified atom stereocenters. The molecule has 130 valence electrons. The Kier molecular flexibility index (Phi) is 5.74. The SMILES string of the molecule is Nc1ccc(OOC2CCC(OOC3=CCC(N)C=C3)CC2)cc1. The number of anilines is 1. The fourth-order valence-electron chi connectivity index (χ4n) is 2.67. The van der Waals surface area contributed by atoms with Gasteiger partial charge in [-0.2, -0.15) is 9.78 Å². The second-order valence-corrected chi connectivity index (χ2v) is 6.19. The molecule has 0 radical (unpaired) electrons. The van der Waals surface area contributed by atoms with Crippen LogP contribution in [0.2, 0.25) is 0 Å². The van der Waals surface area contributed by atoms with Crippen LogP contribution >= 0.6 is 0 Å². The van der Waals surface area contributed by atoms with E-state index in [0.29, 0.717) is 11.4 Å². The van der Waals surface area contributed by atoms with Crippen molar-refractivity contribution in [2.75, 3.05) is 5.73 Å². The van der Waals surface area contributed by atoms with Crippen molar-refractivity contribution in [2.24, 2.45) is 5.73 Å². The fraction of sp³-hybridized carbons (Fsp3) is 0.444. The lowest BCUT2D eigenvalue weighted by Gasteiger charge is -2.26. The molecule has 2 aliphatic rings. The van der Waals surface area contributed by atoms with Gasteiger partial charge in [-0.3, -0.25) is 0 Å². The number of rotatable bonds is 6. The number of nitrogen functional groups attached to an aromatic ring is 1. The van der Waals surface area contributed by atoms with E-state index in [9.17, 15) is 0 Å². The molecular formula is C18H24N2O4. The number of hydrogen-bond acceptors (Lipinski definition) is 6. The van der Waals surface area contributed by atoms with E-state index >= 15 is 0 Å². The highest BCUT2D eigenvalue weighted by Crippen LogP contribution is 2.26. The molecule has 24 heavy (non-hydrogen) atoms. The fourth-order valence-corrected chi connectivity index (χ4v) is 2.67. The molecule has 0 spiro atoms. The van der Waals surface area contributed by atoms with Gasteiger partial charge in [-0.1, -0.05) is 6.08 Å². The Labute approximate surface area is 141 Å². The number of benzene rings is 1. The maximum absolute atomic E-state index is 5.77. The molecule has 2 aliphatic carbocycles. The van der Waals surface area contributed by atoms with Gasteiger partial charge in [0.05, 0.1) is 0 Å². The Hall–Kier alpha value is -2.02. The normalized spacial score (nSPS) is 26.7. The van der Waals surface area contributed by atoms with Crippen molar-refractivity contribution in [1.29, 1.82) is 0 Å². The lowest BCUT2D eigenvalue weighted by molar-refractivity contribution is -0.309. The molecule has 0 heterocycles. The minimum atomic E-state index is 0.0641. The minimum Gasteiger partial charge on any atom is -0.399 e. The van der Waals surface area contributed by atoms with Crippen molar-refractivity contribution in [1.82, 2.24) is 0 Å². The summed E-state index contributed by atoms with van der Waals surface area (Å²) in [6.07, 6.45) is 10.1. The molecule has 0 saturated heterocycles. The van der Waals surface area contributed by atoms with Crippen LogP contribution in [0.3, 0.4) is 0 Å². The van der Waals surface area contributed by atoms with Gasteiger partial charge in [-0.15, -0.1) is 0 Å². The second kappa shape index (κ2) is 8.19. The van der Waals surface area contributed by atoms with Crippen molar-refractivity contribution in [3.8, 4) is 5.75 Å². The highest BCUT2D eigenvalue weighted by atomic mass is 17.2. The Balaban J connectivity index is 1.34. The van der Waals surface area contributed by atoms with Gasteiger partial charge in [-0.05, 0) is 68.5 Å². The summed E-state index contributed by atoms with van der Waals surface area (Å²) in [5, 5.41) is 0. The summed E-state index contributed by atoms with van der Waals surface area (Å²) in [6, 6.07) is 7.21. The molecular weight excluding hydrogens is 308 g/mol. The van der Waals surface area contributed by atoms with E-state index in [4.69, 9.17) is 31.0 Å². The monoisotopic (exact) mass is 332 g/mol. The number of allylic oxidation sites excluding steroid dienone is 1. The van der Waals surface area contributed by atoms with Crippen LogP contribution < -0.4 is 16.4 Å². The summed E-state index contributed by atoms with van der Waals surface area (Å²) in [7, 11) is 0. The average Bonchev–Trinajstić information content (AvgIpc) is 2.62. The first-order valence-corrected chi connectivity index (χ1v) is 8.35. The summed E-state index contributed by atoms with van der Waals surface area (Å²) in [5.74, 6) is 1.38. The van der Waals surface area contributed by atoms with Crippen molar-refractivity contribution in [2.45, 2.75) is 50.4 Å². The minimum absolute atomic E-state index is 0.0641. The van der Waals surface area contributed by atoms with Crippen LogP contribution in [-0.2, 0) is 14.7 Å². The zero-order valence-corrected chi connectivity index (χ0v) is 13.6. The zero-order valence-electron chi connectivity index (χ0n) is 13.6. The number of nitrogens with two attached hydrogens (primary N) is 2. The summed E-state index contributed by atoms with van der Waals surface area (Å²) in [5.41, 5.74) is 12.1. The molecule has 1 aromatic carbocycles. The second-order valence-electron chi connectivity index (χ2n) is 6.19. The van der Waals surface area contributed by atoms with Crippen molar-refractivity contribution in [3.63, 3.8) is 0 Å². The first kappa shape index (κ1) is 16.8. The molecule has 6 heteroatoms. The maximum Gasteiger partial charge on any atom is 0.165 e. The van der Waals surface area contributed by atoms with Crippen LogP contribution in [0.5, 0.6) is 5.75 Å². The summed E-state index contributed by atoms with van der Waals surface area (Å²) in [6.45, 7) is 0. The molecule has 0 aromatic heterocycles. The van der Waals surface area contributed by atoms with Gasteiger partial charge in [0.1, 0.15) is 12.2 Å². The Morgan fingerprint density at radius 3 is 2.08 bits per heavy atom. The molecule has 1 saturated carbocycles. The van der Waals surface area contributed by atoms with E-state index in [2.05, 4.69) is 0 Å². The third-order valence-electron chi connectivity index (χ3n) is 4.16. The van der Waals surface area contributed by atoms with E-state index in [1.165, 1.54) is 0 Å². The van der Waals surface area contributed by atoms with E-state index in [1.54, 1.807) is 24.3 Å². The van der Waals surface area contributed by atoms with Crippen molar-refractivity contribution < 1.29 is 19.6 Å². The lowest BCUT2D eigenvalue weighted by Crippen LogP contribution is -2.27. The summed E-state index contributed by atoms with van der Waals surface area (Å²) in [4.78, 5) is 21.7. The van der Waals surface area contributed by atoms with E-state index in [-0.39, 0.29) is 18.2 Å². The van der Waals surface area contributed by atoms with E-state index in [0.717, 1.165) is 37.9 Å². The van der Waals surface area contributed by atoms with Gasteiger partial charge in [0.15, 0.2) is 11.5 Å². The summed E-state index contributed by atoms with van der Waals surface area (Å²) >= 11 is 0. The topological polar surface area (TPSA) is 89.0 Å². The van der Waals surface area contributed by atoms with Crippen molar-refractivity contribution in [3.05, 3.63) is 48.3 Å². The third kappa shape index (κ3) is 4.99. The Morgan fingerprint density at radius 2 is 1.50 bits per heavy atom. The predicted molar refractivity (Wildman–Crippen MR) is 90.6 cm³/mol. The molecule has 4 N–H and O–H groups in total. The Bertz CT molecular complexity index is 577. The molecule has 1 atom stereocenters. The third-order valence-corrected chi connectivity index (χ3v) is 4.16. The smallest absolute Gasteiger partial charge is 0.165 e. The summed E-state index contributed by atoms with van der Waals surface area (Å²) < 4.78 is 0. The van der Waals surface area contributed by atoms with Gasteiger partial charge >= 0.3 is 0 Å². The molecule has 0 amide bonds. The molecule has 3 rings (SSSR count). The Morgan fingerprint density at radius 1 is 0.875 bits per heavy atom. The van der Waals surface area contributed by atoms with Crippen molar-refractivity contribution >= 4 is 5.69 Å². The van der Waals surface area contributed by atoms with Crippen LogP contribution in [0.15, 0.2) is 48.3 Å². The van der Waals surface area contributed by atoms with Gasteiger partial charge in [0.2, 0.25) is 0 Å². The molecule has 1 aromatic rings. The van der Waals surface area contributed by atoms with Crippen LogP contribution in [0, 0.1) is 0 Å². The van der Waals surface area contributed by atoms with Crippen LogP contribution in [0.25, 0.3) is 0 Å². The molecule has 0 aliphatic heterocycles. The highest BCUT2D eigenvalue weighted by molar-refractivity contribution is 5.41. The number of hydrogen-bond donors (Lipinski definition) is 2. The molecule has 0 bridgehead atoms. The molecule has 1 fully saturated rings. The van der Waals surface area contributed by atoms with Crippen LogP contribution in [0.4, 0.5) is 5.69 Å². The maximum atomic E-state index is 5.77. The standard InChI is InChI=1S/C18H24N2O4/c19-13-1-5-15(6-2-13)21-23-17-9-11-18(12-10-17)24-22-16-7-3-14(20)4-8-16/h1-3,5-8,14,17-18H,4,9-12,19-20H2. The predicted octanol–water partition coefficient (Wildman–Crippen LogP) is 3.01. The van der Waals surface area contributed by atoms with Gasteiger partial charge < -0.3 is 21.2 Å². The zero-order chi connectivity index (χ0) is 16.8. The average molecular weight is 332 g/mol.